The van der Waals surface area contributed by atoms with Crippen LogP contribution in [0.1, 0.15) is 12.0 Å². The van der Waals surface area contributed by atoms with Gasteiger partial charge >= 0.3 is 0 Å². The van der Waals surface area contributed by atoms with Crippen LogP contribution < -0.4 is 4.74 Å². The van der Waals surface area contributed by atoms with Crippen LogP contribution in [0.2, 0.25) is 0 Å². The summed E-state index contributed by atoms with van der Waals surface area (Å²) in [6.07, 6.45) is 1.90. The van der Waals surface area contributed by atoms with E-state index in [1.54, 1.807) is 19.1 Å². The second-order valence-electron chi connectivity index (χ2n) is 4.79. The van der Waals surface area contributed by atoms with Crippen molar-refractivity contribution >= 4 is 15.7 Å². The Morgan fingerprint density at radius 2 is 1.85 bits per heavy atom. The Morgan fingerprint density at radius 3 is 2.35 bits per heavy atom. The van der Waals surface area contributed by atoms with Crippen molar-refractivity contribution in [3.8, 4) is 5.75 Å². The predicted octanol–water partition coefficient (Wildman–Crippen LogP) is 1.13. The Hall–Kier alpha value is -1.56. The molecule has 0 aliphatic heterocycles. The summed E-state index contributed by atoms with van der Waals surface area (Å²) in [7, 11) is 0.214. The first-order chi connectivity index (χ1) is 9.31. The van der Waals surface area contributed by atoms with Crippen LogP contribution in [0, 0.1) is 0 Å². The summed E-state index contributed by atoms with van der Waals surface area (Å²) in [5.74, 6) is 0.550. The SMILES string of the molecule is COc1ccc(CCN(C)C(=O)CCS(C)(=O)=O)cc1. The number of methoxy groups -OCH3 is 1. The molecule has 0 heterocycles. The Balaban J connectivity index is 2.41. The van der Waals surface area contributed by atoms with Crippen molar-refractivity contribution < 1.29 is 17.9 Å². The molecule has 0 fully saturated rings. The first-order valence-electron chi connectivity index (χ1n) is 6.36. The van der Waals surface area contributed by atoms with E-state index < -0.39 is 9.84 Å². The average molecular weight is 299 g/mol. The second kappa shape index (κ2) is 7.28. The van der Waals surface area contributed by atoms with E-state index in [4.69, 9.17) is 4.74 Å². The first-order valence-corrected chi connectivity index (χ1v) is 8.42. The first kappa shape index (κ1) is 16.5. The molecule has 0 unspecified atom stereocenters. The standard InChI is InChI=1S/C14H21NO4S/c1-15(14(16)9-11-20(3,17)18)10-8-12-4-6-13(19-2)7-5-12/h4-7H,8-11H2,1-3H3. The van der Waals surface area contributed by atoms with Crippen LogP contribution in [0.3, 0.4) is 0 Å². The van der Waals surface area contributed by atoms with E-state index in [1.165, 1.54) is 0 Å². The molecule has 1 aromatic carbocycles. The third-order valence-corrected chi connectivity index (χ3v) is 3.95. The number of nitrogens with zero attached hydrogens (tertiary/aromatic N) is 1. The zero-order chi connectivity index (χ0) is 15.2. The highest BCUT2D eigenvalue weighted by Crippen LogP contribution is 2.12. The maximum absolute atomic E-state index is 11.8. The number of sulfone groups is 1. The van der Waals surface area contributed by atoms with Gasteiger partial charge in [0.2, 0.25) is 5.91 Å². The lowest BCUT2D eigenvalue weighted by Crippen LogP contribution is -2.30. The zero-order valence-electron chi connectivity index (χ0n) is 12.1. The van der Waals surface area contributed by atoms with E-state index >= 15 is 0 Å². The van der Waals surface area contributed by atoms with Crippen molar-refractivity contribution in [2.75, 3.05) is 32.7 Å². The third kappa shape index (κ3) is 6.06. The number of rotatable bonds is 7. The predicted molar refractivity (Wildman–Crippen MR) is 78.7 cm³/mol. The molecule has 0 aliphatic rings. The number of hydrogen-bond donors (Lipinski definition) is 0. The van der Waals surface area contributed by atoms with Gasteiger partial charge in [0.1, 0.15) is 15.6 Å². The molecule has 0 radical (unpaired) electrons. The van der Waals surface area contributed by atoms with E-state index in [2.05, 4.69) is 0 Å². The molecule has 5 nitrogen and oxygen atoms in total. The lowest BCUT2D eigenvalue weighted by atomic mass is 10.1. The largest absolute Gasteiger partial charge is 0.497 e. The van der Waals surface area contributed by atoms with Crippen molar-refractivity contribution in [1.82, 2.24) is 4.90 Å². The number of hydrogen-bond acceptors (Lipinski definition) is 4. The van der Waals surface area contributed by atoms with Crippen LogP contribution >= 0.6 is 0 Å². The molecule has 20 heavy (non-hydrogen) atoms. The summed E-state index contributed by atoms with van der Waals surface area (Å²) in [5, 5.41) is 0. The zero-order valence-corrected chi connectivity index (χ0v) is 12.9. The van der Waals surface area contributed by atoms with Gasteiger partial charge in [-0.05, 0) is 24.1 Å². The maximum atomic E-state index is 11.8. The molecule has 0 spiro atoms. The fraction of sp³-hybridized carbons (Fsp3) is 0.500. The fourth-order valence-corrected chi connectivity index (χ4v) is 2.22. The summed E-state index contributed by atoms with van der Waals surface area (Å²) in [6, 6.07) is 7.66. The van der Waals surface area contributed by atoms with Crippen molar-refractivity contribution in [1.29, 1.82) is 0 Å². The Bertz CT molecular complexity index is 537. The molecule has 0 saturated carbocycles. The molecule has 0 N–H and O–H groups in total. The number of amides is 1. The van der Waals surface area contributed by atoms with Crippen molar-refractivity contribution in [3.05, 3.63) is 29.8 Å². The highest BCUT2D eigenvalue weighted by molar-refractivity contribution is 7.90. The summed E-state index contributed by atoms with van der Waals surface area (Å²) >= 11 is 0. The van der Waals surface area contributed by atoms with Gasteiger partial charge in [0.15, 0.2) is 0 Å². The fourth-order valence-electron chi connectivity index (χ4n) is 1.68. The smallest absolute Gasteiger partial charge is 0.223 e. The molecule has 1 aromatic rings. The second-order valence-corrected chi connectivity index (χ2v) is 7.05. The highest BCUT2D eigenvalue weighted by Gasteiger charge is 2.12. The van der Waals surface area contributed by atoms with Crippen LogP contribution in [0.5, 0.6) is 5.75 Å². The van der Waals surface area contributed by atoms with Crippen LogP contribution in [0.15, 0.2) is 24.3 Å². The summed E-state index contributed by atoms with van der Waals surface area (Å²) in [6.45, 7) is 0.564. The Morgan fingerprint density at radius 1 is 1.25 bits per heavy atom. The molecule has 0 aromatic heterocycles. The van der Waals surface area contributed by atoms with Crippen molar-refractivity contribution in [2.45, 2.75) is 12.8 Å². The van der Waals surface area contributed by atoms with Gasteiger partial charge in [-0.25, -0.2) is 8.42 Å². The normalized spacial score (nSPS) is 11.2. The number of ether oxygens (including phenoxy) is 1. The van der Waals surface area contributed by atoms with Gasteiger partial charge in [0.25, 0.3) is 0 Å². The summed E-state index contributed by atoms with van der Waals surface area (Å²) < 4.78 is 27.1. The van der Waals surface area contributed by atoms with Crippen LogP contribution in [0.25, 0.3) is 0 Å². The molecule has 0 bridgehead atoms. The summed E-state index contributed by atoms with van der Waals surface area (Å²) in [4.78, 5) is 13.3. The van der Waals surface area contributed by atoms with Crippen molar-refractivity contribution in [3.63, 3.8) is 0 Å². The highest BCUT2D eigenvalue weighted by atomic mass is 32.2. The lowest BCUT2D eigenvalue weighted by molar-refractivity contribution is -0.129. The van der Waals surface area contributed by atoms with E-state index in [-0.39, 0.29) is 18.1 Å². The van der Waals surface area contributed by atoms with Gasteiger partial charge < -0.3 is 9.64 Å². The quantitative estimate of drug-likeness (QED) is 0.757. The topological polar surface area (TPSA) is 63.7 Å². The van der Waals surface area contributed by atoms with Gasteiger partial charge in [0, 0.05) is 26.3 Å². The monoisotopic (exact) mass is 299 g/mol. The van der Waals surface area contributed by atoms with Crippen LogP contribution in [-0.4, -0.2) is 51.9 Å². The molecule has 112 valence electrons. The van der Waals surface area contributed by atoms with Gasteiger partial charge in [-0.1, -0.05) is 12.1 Å². The van der Waals surface area contributed by atoms with Crippen LogP contribution in [-0.2, 0) is 21.1 Å². The molecule has 0 saturated heterocycles. The average Bonchev–Trinajstić information content (AvgIpc) is 2.41. The molecular formula is C14H21NO4S. The van der Waals surface area contributed by atoms with E-state index in [0.29, 0.717) is 6.54 Å². The minimum atomic E-state index is -3.09. The third-order valence-electron chi connectivity index (χ3n) is 3.01. The number of benzene rings is 1. The van der Waals surface area contributed by atoms with Gasteiger partial charge in [0.05, 0.1) is 12.9 Å². The minimum absolute atomic E-state index is 0.0396. The van der Waals surface area contributed by atoms with Gasteiger partial charge in [-0.3, -0.25) is 4.79 Å². The number of likely N-dealkylation sites (N-methyl/N-ethyl adjacent to an activating group) is 1. The lowest BCUT2D eigenvalue weighted by Gasteiger charge is -2.17. The molecule has 6 heteroatoms. The van der Waals surface area contributed by atoms with E-state index in [1.807, 2.05) is 24.3 Å². The van der Waals surface area contributed by atoms with Crippen LogP contribution in [0.4, 0.5) is 0 Å². The minimum Gasteiger partial charge on any atom is -0.497 e. The van der Waals surface area contributed by atoms with E-state index in [0.717, 1.165) is 24.0 Å². The van der Waals surface area contributed by atoms with Gasteiger partial charge in [-0.2, -0.15) is 0 Å². The molecule has 1 rings (SSSR count). The molecule has 0 atom stereocenters. The molecule has 1 amide bonds. The van der Waals surface area contributed by atoms with E-state index in [9.17, 15) is 13.2 Å². The molecule has 0 aliphatic carbocycles. The summed E-state index contributed by atoms with van der Waals surface area (Å²) in [5.41, 5.74) is 1.11. The Kier molecular flexibility index (Phi) is 6.01. The maximum Gasteiger partial charge on any atom is 0.223 e. The van der Waals surface area contributed by atoms with Crippen molar-refractivity contribution in [2.24, 2.45) is 0 Å². The number of carbonyl (C=O) groups is 1. The molecular weight excluding hydrogens is 278 g/mol. The number of carbonyl (C=O) groups excluding carboxylic acids is 1. The van der Waals surface area contributed by atoms with Gasteiger partial charge in [-0.15, -0.1) is 0 Å². The Labute approximate surface area is 120 Å².